The van der Waals surface area contributed by atoms with E-state index in [1.54, 1.807) is 0 Å². The van der Waals surface area contributed by atoms with Gasteiger partial charge in [0.15, 0.2) is 0 Å². The Kier molecular flexibility index (Phi) is 2.90. The quantitative estimate of drug-likeness (QED) is 0.677. The summed E-state index contributed by atoms with van der Waals surface area (Å²) in [6.07, 6.45) is 4.14. The third-order valence-electron chi connectivity index (χ3n) is 2.64. The van der Waals surface area contributed by atoms with Gasteiger partial charge in [-0.1, -0.05) is 12.8 Å². The van der Waals surface area contributed by atoms with E-state index in [2.05, 4.69) is 0 Å². The summed E-state index contributed by atoms with van der Waals surface area (Å²) in [6.45, 7) is 4.54. The van der Waals surface area contributed by atoms with Crippen LogP contribution in [-0.2, 0) is 4.74 Å². The highest BCUT2D eigenvalue weighted by Gasteiger charge is 2.38. The van der Waals surface area contributed by atoms with E-state index < -0.39 is 0 Å². The topological polar surface area (TPSA) is 29.5 Å². The SMILES string of the molecule is CCOC1(C(C)O)CCCC1. The lowest BCUT2D eigenvalue weighted by molar-refractivity contribution is -0.109. The molecule has 1 aliphatic rings. The molecule has 0 aromatic carbocycles. The lowest BCUT2D eigenvalue weighted by Gasteiger charge is -2.31. The number of rotatable bonds is 3. The Morgan fingerprint density at radius 1 is 1.45 bits per heavy atom. The molecule has 1 aliphatic carbocycles. The van der Waals surface area contributed by atoms with E-state index in [-0.39, 0.29) is 11.7 Å². The molecule has 0 aromatic heterocycles. The molecular weight excluding hydrogens is 140 g/mol. The van der Waals surface area contributed by atoms with Gasteiger partial charge in [-0.3, -0.25) is 0 Å². The minimum Gasteiger partial charge on any atom is -0.390 e. The molecule has 0 aromatic rings. The number of ether oxygens (including phenoxy) is 1. The Morgan fingerprint density at radius 3 is 2.36 bits per heavy atom. The number of hydrogen-bond acceptors (Lipinski definition) is 2. The van der Waals surface area contributed by atoms with Gasteiger partial charge in [-0.2, -0.15) is 0 Å². The number of hydrogen-bond donors (Lipinski definition) is 1. The average Bonchev–Trinajstić information content (AvgIpc) is 2.38. The predicted octanol–water partition coefficient (Wildman–Crippen LogP) is 1.72. The molecule has 66 valence electrons. The Labute approximate surface area is 68.6 Å². The maximum Gasteiger partial charge on any atom is 0.0937 e. The van der Waals surface area contributed by atoms with E-state index in [0.29, 0.717) is 6.61 Å². The Balaban J connectivity index is 2.55. The van der Waals surface area contributed by atoms with Crippen LogP contribution in [0.25, 0.3) is 0 Å². The van der Waals surface area contributed by atoms with Crippen LogP contribution in [0.2, 0.25) is 0 Å². The van der Waals surface area contributed by atoms with Crippen LogP contribution in [0.5, 0.6) is 0 Å². The molecule has 1 rings (SSSR count). The van der Waals surface area contributed by atoms with E-state index in [9.17, 15) is 5.11 Å². The second kappa shape index (κ2) is 3.55. The summed E-state index contributed by atoms with van der Waals surface area (Å²) in [7, 11) is 0. The van der Waals surface area contributed by atoms with Gasteiger partial charge in [0.1, 0.15) is 0 Å². The van der Waals surface area contributed by atoms with Crippen molar-refractivity contribution in [3.63, 3.8) is 0 Å². The fourth-order valence-corrected chi connectivity index (χ4v) is 1.94. The molecule has 1 fully saturated rings. The van der Waals surface area contributed by atoms with Crippen LogP contribution in [0.1, 0.15) is 39.5 Å². The number of aliphatic hydroxyl groups is 1. The van der Waals surface area contributed by atoms with Crippen molar-refractivity contribution < 1.29 is 9.84 Å². The zero-order valence-corrected chi connectivity index (χ0v) is 7.47. The molecule has 0 aliphatic heterocycles. The van der Waals surface area contributed by atoms with Crippen LogP contribution in [0.3, 0.4) is 0 Å². The zero-order valence-electron chi connectivity index (χ0n) is 7.47. The summed E-state index contributed by atoms with van der Waals surface area (Å²) in [6, 6.07) is 0. The molecule has 2 heteroatoms. The summed E-state index contributed by atoms with van der Waals surface area (Å²) in [5.74, 6) is 0. The highest BCUT2D eigenvalue weighted by molar-refractivity contribution is 4.90. The van der Waals surface area contributed by atoms with Crippen molar-refractivity contribution >= 4 is 0 Å². The van der Waals surface area contributed by atoms with Crippen molar-refractivity contribution in [3.8, 4) is 0 Å². The molecular formula is C9H18O2. The molecule has 1 saturated carbocycles. The zero-order chi connectivity index (χ0) is 8.32. The molecule has 0 saturated heterocycles. The van der Waals surface area contributed by atoms with E-state index in [0.717, 1.165) is 12.8 Å². The first kappa shape index (κ1) is 9.01. The molecule has 1 unspecified atom stereocenters. The van der Waals surface area contributed by atoms with Crippen LogP contribution in [0, 0.1) is 0 Å². The van der Waals surface area contributed by atoms with E-state index >= 15 is 0 Å². The van der Waals surface area contributed by atoms with Crippen molar-refractivity contribution in [3.05, 3.63) is 0 Å². The van der Waals surface area contributed by atoms with Crippen molar-refractivity contribution in [1.82, 2.24) is 0 Å². The van der Waals surface area contributed by atoms with Crippen molar-refractivity contribution in [2.75, 3.05) is 6.61 Å². The molecule has 11 heavy (non-hydrogen) atoms. The normalized spacial score (nSPS) is 25.4. The number of aliphatic hydroxyl groups excluding tert-OH is 1. The second-order valence-corrected chi connectivity index (χ2v) is 3.38. The molecule has 0 spiro atoms. The highest BCUT2D eigenvalue weighted by atomic mass is 16.5. The maximum atomic E-state index is 9.51. The van der Waals surface area contributed by atoms with Crippen LogP contribution < -0.4 is 0 Å². The van der Waals surface area contributed by atoms with Crippen molar-refractivity contribution in [2.45, 2.75) is 51.2 Å². The lowest BCUT2D eigenvalue weighted by atomic mass is 9.96. The first-order valence-electron chi connectivity index (χ1n) is 4.53. The van der Waals surface area contributed by atoms with Gasteiger partial charge < -0.3 is 9.84 Å². The highest BCUT2D eigenvalue weighted by Crippen LogP contribution is 2.35. The summed E-state index contributed by atoms with van der Waals surface area (Å²) in [4.78, 5) is 0. The first-order valence-corrected chi connectivity index (χ1v) is 4.53. The fraction of sp³-hybridized carbons (Fsp3) is 1.00. The van der Waals surface area contributed by atoms with Gasteiger partial charge in [0.25, 0.3) is 0 Å². The molecule has 0 radical (unpaired) electrons. The summed E-state index contributed by atoms with van der Waals surface area (Å²) >= 11 is 0. The van der Waals surface area contributed by atoms with Crippen LogP contribution in [0.15, 0.2) is 0 Å². The van der Waals surface area contributed by atoms with E-state index in [1.807, 2.05) is 13.8 Å². The van der Waals surface area contributed by atoms with Gasteiger partial charge in [-0.05, 0) is 26.7 Å². The van der Waals surface area contributed by atoms with Gasteiger partial charge in [-0.25, -0.2) is 0 Å². The van der Waals surface area contributed by atoms with Gasteiger partial charge in [0.05, 0.1) is 11.7 Å². The Bertz CT molecular complexity index is 115. The van der Waals surface area contributed by atoms with E-state index in [4.69, 9.17) is 4.74 Å². The lowest BCUT2D eigenvalue weighted by Crippen LogP contribution is -2.40. The molecule has 0 bridgehead atoms. The van der Waals surface area contributed by atoms with Crippen molar-refractivity contribution in [1.29, 1.82) is 0 Å². The van der Waals surface area contributed by atoms with Crippen LogP contribution in [0.4, 0.5) is 0 Å². The summed E-state index contributed by atoms with van der Waals surface area (Å²) in [5.41, 5.74) is -0.200. The van der Waals surface area contributed by atoms with Gasteiger partial charge >= 0.3 is 0 Å². The standard InChI is InChI=1S/C9H18O2/c1-3-11-9(8(2)10)6-4-5-7-9/h8,10H,3-7H2,1-2H3. The third kappa shape index (κ3) is 1.74. The maximum absolute atomic E-state index is 9.51. The van der Waals surface area contributed by atoms with E-state index in [1.165, 1.54) is 12.8 Å². The smallest absolute Gasteiger partial charge is 0.0937 e. The molecule has 1 N–H and O–H groups in total. The molecule has 0 heterocycles. The minimum absolute atomic E-state index is 0.200. The molecule has 1 atom stereocenters. The molecule has 0 amide bonds. The van der Waals surface area contributed by atoms with Crippen molar-refractivity contribution in [2.24, 2.45) is 0 Å². The average molecular weight is 158 g/mol. The first-order chi connectivity index (χ1) is 5.21. The van der Waals surface area contributed by atoms with Crippen LogP contribution >= 0.6 is 0 Å². The summed E-state index contributed by atoms with van der Waals surface area (Å²) in [5, 5.41) is 9.51. The third-order valence-corrected chi connectivity index (χ3v) is 2.64. The van der Waals surface area contributed by atoms with Gasteiger partial charge in [0, 0.05) is 6.61 Å². The molecule has 2 nitrogen and oxygen atoms in total. The minimum atomic E-state index is -0.315. The largest absolute Gasteiger partial charge is 0.390 e. The fourth-order valence-electron chi connectivity index (χ4n) is 1.94. The summed E-state index contributed by atoms with van der Waals surface area (Å²) < 4.78 is 5.60. The van der Waals surface area contributed by atoms with Gasteiger partial charge in [0.2, 0.25) is 0 Å². The Hall–Kier alpha value is -0.0800. The second-order valence-electron chi connectivity index (χ2n) is 3.38. The van der Waals surface area contributed by atoms with Crippen LogP contribution in [-0.4, -0.2) is 23.4 Å². The Morgan fingerprint density at radius 2 is 2.00 bits per heavy atom. The monoisotopic (exact) mass is 158 g/mol. The predicted molar refractivity (Wildman–Crippen MR) is 44.5 cm³/mol. The van der Waals surface area contributed by atoms with Gasteiger partial charge in [-0.15, -0.1) is 0 Å².